The van der Waals surface area contributed by atoms with Crippen LogP contribution in [0.25, 0.3) is 0 Å². The van der Waals surface area contributed by atoms with Crippen molar-refractivity contribution in [2.24, 2.45) is 5.92 Å². The minimum atomic E-state index is -0.556. The van der Waals surface area contributed by atoms with Crippen LogP contribution in [0.15, 0.2) is 60.0 Å². The molecule has 30 heavy (non-hydrogen) atoms. The van der Waals surface area contributed by atoms with Crippen molar-refractivity contribution in [3.05, 3.63) is 70.4 Å². The molecular formula is C23H26N2O4S. The fourth-order valence-corrected chi connectivity index (χ4v) is 3.85. The highest BCUT2D eigenvalue weighted by atomic mass is 32.1. The first-order chi connectivity index (χ1) is 14.6. The van der Waals surface area contributed by atoms with Gasteiger partial charge >= 0.3 is 5.97 Å². The van der Waals surface area contributed by atoms with Crippen LogP contribution >= 0.6 is 11.3 Å². The summed E-state index contributed by atoms with van der Waals surface area (Å²) in [5.74, 6) is -1.15. The third-order valence-corrected chi connectivity index (χ3v) is 5.73. The molecular weight excluding hydrogens is 400 g/mol. The standard InChI is InChI=1S/C23H26N2O4S/c26-21(24-15-19-11-7-13-30-19)14-18-10-5-2-6-12-22(27)29-20(16-25-23(18)28)17-8-3-1-4-9-17/h1-5,7-9,11,13,18,20H,6,10,12,14-16H2,(H,24,26)(H,25,28)/b5-2+/t18-,20?/m0/s1. The Hall–Kier alpha value is -2.93. The molecule has 2 aromatic rings. The fourth-order valence-electron chi connectivity index (χ4n) is 3.21. The second-order valence-electron chi connectivity index (χ2n) is 7.14. The van der Waals surface area contributed by atoms with E-state index in [1.807, 2.05) is 60.0 Å². The molecule has 2 heterocycles. The van der Waals surface area contributed by atoms with Gasteiger partial charge in [0.2, 0.25) is 11.8 Å². The lowest BCUT2D eigenvalue weighted by molar-refractivity contribution is -0.150. The van der Waals surface area contributed by atoms with Crippen molar-refractivity contribution in [1.82, 2.24) is 10.6 Å². The number of ether oxygens (including phenoxy) is 1. The van der Waals surface area contributed by atoms with E-state index in [1.54, 1.807) is 11.3 Å². The van der Waals surface area contributed by atoms with Gasteiger partial charge in [-0.3, -0.25) is 14.4 Å². The molecule has 2 N–H and O–H groups in total. The van der Waals surface area contributed by atoms with Gasteiger partial charge in [0, 0.05) is 17.7 Å². The molecule has 1 unspecified atom stereocenters. The normalized spacial score (nSPS) is 21.5. The molecule has 7 heteroatoms. The van der Waals surface area contributed by atoms with E-state index in [2.05, 4.69) is 10.6 Å². The van der Waals surface area contributed by atoms with Gasteiger partial charge in [-0.15, -0.1) is 11.3 Å². The maximum atomic E-state index is 12.8. The summed E-state index contributed by atoms with van der Waals surface area (Å²) in [6.07, 6.45) is 4.55. The molecule has 0 saturated carbocycles. The van der Waals surface area contributed by atoms with Crippen LogP contribution in [0.1, 0.15) is 42.2 Å². The first kappa shape index (κ1) is 21.8. The zero-order valence-corrected chi connectivity index (χ0v) is 17.5. The Morgan fingerprint density at radius 1 is 1.13 bits per heavy atom. The molecule has 6 nitrogen and oxygen atoms in total. The molecule has 158 valence electrons. The maximum absolute atomic E-state index is 12.8. The molecule has 0 bridgehead atoms. The molecule has 0 radical (unpaired) electrons. The van der Waals surface area contributed by atoms with E-state index in [4.69, 9.17) is 4.74 Å². The van der Waals surface area contributed by atoms with Crippen molar-refractivity contribution in [3.63, 3.8) is 0 Å². The van der Waals surface area contributed by atoms with Gasteiger partial charge < -0.3 is 15.4 Å². The number of hydrogen-bond donors (Lipinski definition) is 2. The average molecular weight is 427 g/mol. The molecule has 3 rings (SSSR count). The highest BCUT2D eigenvalue weighted by Gasteiger charge is 2.24. The van der Waals surface area contributed by atoms with Crippen molar-refractivity contribution in [2.45, 2.75) is 38.3 Å². The third kappa shape index (κ3) is 6.84. The number of esters is 1. The maximum Gasteiger partial charge on any atom is 0.306 e. The summed E-state index contributed by atoms with van der Waals surface area (Å²) in [5.41, 5.74) is 0.823. The van der Waals surface area contributed by atoms with E-state index < -0.39 is 12.0 Å². The second-order valence-corrected chi connectivity index (χ2v) is 8.17. The van der Waals surface area contributed by atoms with Crippen LogP contribution < -0.4 is 10.6 Å². The highest BCUT2D eigenvalue weighted by molar-refractivity contribution is 7.09. The lowest BCUT2D eigenvalue weighted by Crippen LogP contribution is -2.37. The number of thiophene rings is 1. The minimum absolute atomic E-state index is 0.108. The predicted molar refractivity (Wildman–Crippen MR) is 116 cm³/mol. The van der Waals surface area contributed by atoms with Crippen molar-refractivity contribution in [2.75, 3.05) is 6.54 Å². The summed E-state index contributed by atoms with van der Waals surface area (Å²) in [5, 5.41) is 7.71. The lowest BCUT2D eigenvalue weighted by Gasteiger charge is -2.21. The number of cyclic esters (lactones) is 1. The smallest absolute Gasteiger partial charge is 0.306 e. The topological polar surface area (TPSA) is 84.5 Å². The summed E-state index contributed by atoms with van der Waals surface area (Å²) in [4.78, 5) is 38.4. The number of nitrogens with one attached hydrogen (secondary N) is 2. The molecule has 2 amide bonds. The number of amides is 2. The third-order valence-electron chi connectivity index (χ3n) is 4.85. The van der Waals surface area contributed by atoms with Crippen LogP contribution in [0.5, 0.6) is 0 Å². The predicted octanol–water partition coefficient (Wildman–Crippen LogP) is 3.51. The van der Waals surface area contributed by atoms with E-state index in [0.29, 0.717) is 19.4 Å². The highest BCUT2D eigenvalue weighted by Crippen LogP contribution is 2.19. The quantitative estimate of drug-likeness (QED) is 0.566. The first-order valence-electron chi connectivity index (χ1n) is 10.1. The molecule has 0 fully saturated rings. The van der Waals surface area contributed by atoms with E-state index >= 15 is 0 Å². The van der Waals surface area contributed by atoms with Gasteiger partial charge in [0.1, 0.15) is 6.10 Å². The summed E-state index contributed by atoms with van der Waals surface area (Å²) >= 11 is 1.58. The van der Waals surface area contributed by atoms with Gasteiger partial charge in [0.15, 0.2) is 0 Å². The number of allylic oxidation sites excluding steroid dienone is 2. The zero-order chi connectivity index (χ0) is 21.2. The molecule has 1 aliphatic rings. The van der Waals surface area contributed by atoms with Crippen LogP contribution in [-0.4, -0.2) is 24.3 Å². The minimum Gasteiger partial charge on any atom is -0.456 e. The van der Waals surface area contributed by atoms with Gasteiger partial charge in [0.05, 0.1) is 19.0 Å². The van der Waals surface area contributed by atoms with Crippen LogP contribution in [-0.2, 0) is 25.7 Å². The average Bonchev–Trinajstić information content (AvgIpc) is 3.27. The number of hydrogen-bond acceptors (Lipinski definition) is 5. The van der Waals surface area contributed by atoms with E-state index in [-0.39, 0.29) is 37.2 Å². The van der Waals surface area contributed by atoms with Crippen LogP contribution in [0.2, 0.25) is 0 Å². The number of carbonyl (C=O) groups excluding carboxylic acids is 3. The summed E-state index contributed by atoms with van der Waals surface area (Å²) in [6.45, 7) is 0.637. The molecule has 1 aromatic carbocycles. The van der Waals surface area contributed by atoms with Gasteiger partial charge in [-0.2, -0.15) is 0 Å². The van der Waals surface area contributed by atoms with Crippen LogP contribution in [0.4, 0.5) is 0 Å². The Morgan fingerprint density at radius 2 is 1.97 bits per heavy atom. The monoisotopic (exact) mass is 426 g/mol. The molecule has 1 aliphatic heterocycles. The SMILES string of the molecule is O=C(C[C@@H]1C/C=C/CCC(=O)OC(c2ccccc2)CNC1=O)NCc1cccs1. The number of carbonyl (C=O) groups is 3. The number of benzene rings is 1. The first-order valence-corrected chi connectivity index (χ1v) is 11.0. The van der Waals surface area contributed by atoms with E-state index in [1.165, 1.54) is 0 Å². The Morgan fingerprint density at radius 3 is 2.73 bits per heavy atom. The van der Waals surface area contributed by atoms with Gasteiger partial charge in [-0.25, -0.2) is 0 Å². The molecule has 2 atom stereocenters. The number of rotatable bonds is 5. The molecule has 0 saturated heterocycles. The van der Waals surface area contributed by atoms with Gasteiger partial charge in [-0.05, 0) is 29.9 Å². The summed E-state index contributed by atoms with van der Waals surface area (Å²) in [6, 6.07) is 13.2. The Bertz CT molecular complexity index is 865. The summed E-state index contributed by atoms with van der Waals surface area (Å²) in [7, 11) is 0. The van der Waals surface area contributed by atoms with Crippen LogP contribution in [0.3, 0.4) is 0 Å². The lowest BCUT2D eigenvalue weighted by atomic mass is 9.98. The van der Waals surface area contributed by atoms with Crippen molar-refractivity contribution in [1.29, 1.82) is 0 Å². The second kappa shape index (κ2) is 11.3. The molecule has 0 spiro atoms. The Kier molecular flexibility index (Phi) is 8.20. The van der Waals surface area contributed by atoms with Crippen LogP contribution in [0, 0.1) is 5.92 Å². The fraction of sp³-hybridized carbons (Fsp3) is 0.348. The molecule has 0 aliphatic carbocycles. The van der Waals surface area contributed by atoms with E-state index in [0.717, 1.165) is 10.4 Å². The zero-order valence-electron chi connectivity index (χ0n) is 16.7. The summed E-state index contributed by atoms with van der Waals surface area (Å²) < 4.78 is 5.59. The van der Waals surface area contributed by atoms with Crippen molar-refractivity contribution < 1.29 is 19.1 Å². The van der Waals surface area contributed by atoms with Crippen molar-refractivity contribution in [3.8, 4) is 0 Å². The largest absolute Gasteiger partial charge is 0.456 e. The van der Waals surface area contributed by atoms with E-state index in [9.17, 15) is 14.4 Å². The Labute approximate surface area is 180 Å². The van der Waals surface area contributed by atoms with Gasteiger partial charge in [0.25, 0.3) is 0 Å². The molecule has 1 aromatic heterocycles. The van der Waals surface area contributed by atoms with Gasteiger partial charge in [-0.1, -0.05) is 48.6 Å². The van der Waals surface area contributed by atoms with Crippen molar-refractivity contribution >= 4 is 29.1 Å². The Balaban J connectivity index is 1.64.